The van der Waals surface area contributed by atoms with E-state index in [1.807, 2.05) is 19.1 Å². The Labute approximate surface area is 83.0 Å². The molecule has 1 rings (SSSR count). The zero-order valence-electron chi connectivity index (χ0n) is 8.27. The Morgan fingerprint density at radius 1 is 1.29 bits per heavy atom. The number of aliphatic carboxylic acids is 1. The number of carbonyl (C=O) groups is 1. The SMILES string of the molecule is Cc1ccc([C@@H](O)[C@H](C)C(=O)O)cc1. The molecule has 3 heteroatoms. The van der Waals surface area contributed by atoms with Crippen LogP contribution in [-0.2, 0) is 4.79 Å². The van der Waals surface area contributed by atoms with Gasteiger partial charge in [0, 0.05) is 0 Å². The normalized spacial score (nSPS) is 14.8. The average molecular weight is 194 g/mol. The highest BCUT2D eigenvalue weighted by Crippen LogP contribution is 2.21. The minimum Gasteiger partial charge on any atom is -0.481 e. The molecule has 0 bridgehead atoms. The summed E-state index contributed by atoms with van der Waals surface area (Å²) in [4.78, 5) is 10.6. The average Bonchev–Trinajstić information content (AvgIpc) is 2.16. The molecule has 0 aliphatic heterocycles. The number of carboxylic acids is 1. The van der Waals surface area contributed by atoms with E-state index in [1.165, 1.54) is 6.92 Å². The molecule has 14 heavy (non-hydrogen) atoms. The molecule has 0 heterocycles. The number of aliphatic hydroxyl groups is 1. The standard InChI is InChI=1S/C11H14O3/c1-7-3-5-9(6-4-7)10(12)8(2)11(13)14/h3-6,8,10,12H,1-2H3,(H,13,14)/t8-,10-/m0/s1. The van der Waals surface area contributed by atoms with Gasteiger partial charge in [-0.25, -0.2) is 0 Å². The van der Waals surface area contributed by atoms with Crippen LogP contribution >= 0.6 is 0 Å². The lowest BCUT2D eigenvalue weighted by Crippen LogP contribution is -2.18. The van der Waals surface area contributed by atoms with Crippen molar-refractivity contribution in [3.63, 3.8) is 0 Å². The van der Waals surface area contributed by atoms with E-state index in [0.29, 0.717) is 5.56 Å². The first-order chi connectivity index (χ1) is 6.52. The summed E-state index contributed by atoms with van der Waals surface area (Å²) in [5.41, 5.74) is 1.73. The summed E-state index contributed by atoms with van der Waals surface area (Å²) in [6, 6.07) is 7.21. The quantitative estimate of drug-likeness (QED) is 0.770. The van der Waals surface area contributed by atoms with Crippen LogP contribution in [0.1, 0.15) is 24.2 Å². The Balaban J connectivity index is 2.84. The summed E-state index contributed by atoms with van der Waals surface area (Å²) in [6.45, 7) is 3.43. The first kappa shape index (κ1) is 10.7. The van der Waals surface area contributed by atoms with Gasteiger partial charge >= 0.3 is 5.97 Å². The predicted octanol–water partition coefficient (Wildman–Crippen LogP) is 1.75. The number of hydrogen-bond acceptors (Lipinski definition) is 2. The molecule has 0 spiro atoms. The maximum Gasteiger partial charge on any atom is 0.309 e. The van der Waals surface area contributed by atoms with Gasteiger partial charge in [-0.05, 0) is 19.4 Å². The summed E-state index contributed by atoms with van der Waals surface area (Å²) < 4.78 is 0. The highest BCUT2D eigenvalue weighted by Gasteiger charge is 2.22. The lowest BCUT2D eigenvalue weighted by atomic mass is 9.97. The van der Waals surface area contributed by atoms with Crippen LogP contribution < -0.4 is 0 Å². The number of rotatable bonds is 3. The van der Waals surface area contributed by atoms with Crippen molar-refractivity contribution < 1.29 is 15.0 Å². The van der Waals surface area contributed by atoms with Crippen LogP contribution in [-0.4, -0.2) is 16.2 Å². The Hall–Kier alpha value is -1.35. The zero-order chi connectivity index (χ0) is 10.7. The molecular weight excluding hydrogens is 180 g/mol. The smallest absolute Gasteiger partial charge is 0.309 e. The van der Waals surface area contributed by atoms with Crippen LogP contribution in [0.3, 0.4) is 0 Å². The van der Waals surface area contributed by atoms with Gasteiger partial charge in [0.2, 0.25) is 0 Å². The second-order valence-corrected chi connectivity index (χ2v) is 3.48. The third-order valence-corrected chi connectivity index (χ3v) is 2.28. The molecule has 1 aromatic carbocycles. The third-order valence-electron chi connectivity index (χ3n) is 2.28. The Kier molecular flexibility index (Phi) is 3.25. The van der Waals surface area contributed by atoms with Crippen molar-refractivity contribution >= 4 is 5.97 Å². The second-order valence-electron chi connectivity index (χ2n) is 3.48. The molecule has 0 aliphatic rings. The molecule has 0 saturated carbocycles. The van der Waals surface area contributed by atoms with Crippen LogP contribution in [0.2, 0.25) is 0 Å². The van der Waals surface area contributed by atoms with E-state index in [9.17, 15) is 9.90 Å². The molecule has 76 valence electrons. The van der Waals surface area contributed by atoms with Crippen LogP contribution in [0.25, 0.3) is 0 Å². The highest BCUT2D eigenvalue weighted by molar-refractivity contribution is 5.70. The molecule has 2 N–H and O–H groups in total. The van der Waals surface area contributed by atoms with Crippen LogP contribution in [0.4, 0.5) is 0 Å². The number of carboxylic acid groups (broad SMARTS) is 1. The molecule has 3 nitrogen and oxygen atoms in total. The number of aliphatic hydroxyl groups excluding tert-OH is 1. The van der Waals surface area contributed by atoms with Crippen molar-refractivity contribution in [3.05, 3.63) is 35.4 Å². The lowest BCUT2D eigenvalue weighted by Gasteiger charge is -2.15. The monoisotopic (exact) mass is 194 g/mol. The van der Waals surface area contributed by atoms with Crippen molar-refractivity contribution in [2.75, 3.05) is 0 Å². The molecule has 0 fully saturated rings. The van der Waals surface area contributed by atoms with Crippen molar-refractivity contribution in [2.24, 2.45) is 5.92 Å². The van der Waals surface area contributed by atoms with E-state index >= 15 is 0 Å². The topological polar surface area (TPSA) is 57.5 Å². The lowest BCUT2D eigenvalue weighted by molar-refractivity contribution is -0.145. The molecular formula is C11H14O3. The van der Waals surface area contributed by atoms with Gasteiger partial charge in [-0.3, -0.25) is 4.79 Å². The van der Waals surface area contributed by atoms with Gasteiger partial charge in [0.1, 0.15) is 0 Å². The molecule has 0 amide bonds. The fraction of sp³-hybridized carbons (Fsp3) is 0.364. The molecule has 1 aromatic rings. The minimum atomic E-state index is -0.988. The Morgan fingerprint density at radius 3 is 2.21 bits per heavy atom. The van der Waals surface area contributed by atoms with Gasteiger partial charge in [-0.2, -0.15) is 0 Å². The van der Waals surface area contributed by atoms with Crippen molar-refractivity contribution in [3.8, 4) is 0 Å². The molecule has 0 unspecified atom stereocenters. The van der Waals surface area contributed by atoms with Gasteiger partial charge in [0.05, 0.1) is 12.0 Å². The van der Waals surface area contributed by atoms with Gasteiger partial charge in [-0.15, -0.1) is 0 Å². The zero-order valence-corrected chi connectivity index (χ0v) is 8.27. The van der Waals surface area contributed by atoms with Crippen LogP contribution in [0, 0.1) is 12.8 Å². The summed E-state index contributed by atoms with van der Waals surface area (Å²) >= 11 is 0. The van der Waals surface area contributed by atoms with Crippen molar-refractivity contribution in [2.45, 2.75) is 20.0 Å². The maximum atomic E-state index is 10.6. The third kappa shape index (κ3) is 2.33. The summed E-state index contributed by atoms with van der Waals surface area (Å²) in [5.74, 6) is -1.77. The fourth-order valence-electron chi connectivity index (χ4n) is 1.19. The largest absolute Gasteiger partial charge is 0.481 e. The van der Waals surface area contributed by atoms with E-state index in [1.54, 1.807) is 12.1 Å². The Morgan fingerprint density at radius 2 is 1.79 bits per heavy atom. The van der Waals surface area contributed by atoms with Crippen LogP contribution in [0.15, 0.2) is 24.3 Å². The summed E-state index contributed by atoms with van der Waals surface area (Å²) in [5, 5.41) is 18.4. The minimum absolute atomic E-state index is 0.644. The number of benzene rings is 1. The second kappa shape index (κ2) is 4.24. The molecule has 0 saturated heterocycles. The maximum absolute atomic E-state index is 10.6. The van der Waals surface area contributed by atoms with E-state index in [4.69, 9.17) is 5.11 Å². The van der Waals surface area contributed by atoms with Gasteiger partial charge in [0.25, 0.3) is 0 Å². The predicted molar refractivity (Wildman–Crippen MR) is 52.9 cm³/mol. The van der Waals surface area contributed by atoms with Crippen molar-refractivity contribution in [1.29, 1.82) is 0 Å². The Bertz CT molecular complexity index is 316. The van der Waals surface area contributed by atoms with Crippen molar-refractivity contribution in [1.82, 2.24) is 0 Å². The fourth-order valence-corrected chi connectivity index (χ4v) is 1.19. The number of hydrogen-bond donors (Lipinski definition) is 2. The van der Waals surface area contributed by atoms with Gasteiger partial charge in [-0.1, -0.05) is 29.8 Å². The van der Waals surface area contributed by atoms with E-state index < -0.39 is 18.0 Å². The highest BCUT2D eigenvalue weighted by atomic mass is 16.4. The van der Waals surface area contributed by atoms with E-state index in [2.05, 4.69) is 0 Å². The van der Waals surface area contributed by atoms with Gasteiger partial charge < -0.3 is 10.2 Å². The molecule has 2 atom stereocenters. The van der Waals surface area contributed by atoms with E-state index in [-0.39, 0.29) is 0 Å². The first-order valence-corrected chi connectivity index (χ1v) is 4.50. The summed E-state index contributed by atoms with van der Waals surface area (Å²) in [7, 11) is 0. The molecule has 0 radical (unpaired) electrons. The molecule has 0 aromatic heterocycles. The van der Waals surface area contributed by atoms with Crippen LogP contribution in [0.5, 0.6) is 0 Å². The summed E-state index contributed by atoms with van der Waals surface area (Å²) in [6.07, 6.45) is -0.937. The van der Waals surface area contributed by atoms with Gasteiger partial charge in [0.15, 0.2) is 0 Å². The first-order valence-electron chi connectivity index (χ1n) is 4.50. The number of aryl methyl sites for hydroxylation is 1. The molecule has 0 aliphatic carbocycles. The van der Waals surface area contributed by atoms with E-state index in [0.717, 1.165) is 5.56 Å².